The van der Waals surface area contributed by atoms with Gasteiger partial charge in [-0.05, 0) is 11.6 Å². The van der Waals surface area contributed by atoms with Crippen LogP contribution < -0.4 is 5.48 Å². The molecule has 0 aromatic heterocycles. The second kappa shape index (κ2) is 3.46. The van der Waals surface area contributed by atoms with Gasteiger partial charge < -0.3 is 0 Å². The van der Waals surface area contributed by atoms with Crippen LogP contribution in [0.5, 0.6) is 0 Å². The summed E-state index contributed by atoms with van der Waals surface area (Å²) < 4.78 is 79.5. The van der Waals surface area contributed by atoms with Crippen molar-refractivity contribution in [2.45, 2.75) is 17.8 Å². The fourth-order valence-electron chi connectivity index (χ4n) is 0.180. The average molecular weight is 235 g/mol. The molecule has 0 saturated heterocycles. The first-order valence-electron chi connectivity index (χ1n) is 2.42. The van der Waals surface area contributed by atoms with Gasteiger partial charge in [0.25, 0.3) is 0 Å². The zero-order chi connectivity index (χ0) is 10.9. The van der Waals surface area contributed by atoms with Crippen LogP contribution in [0.1, 0.15) is 0 Å². The molecule has 0 rings (SSSR count). The molecule has 2 nitrogen and oxygen atoms in total. The van der Waals surface area contributed by atoms with Crippen LogP contribution in [0.15, 0.2) is 0 Å². The van der Waals surface area contributed by atoms with Crippen LogP contribution in [0.4, 0.5) is 30.7 Å². The SMILES string of the molecule is FC(F)(F)NOC(F)(Cl)C(F)(F)F. The van der Waals surface area contributed by atoms with Gasteiger partial charge in [-0.2, -0.15) is 30.7 Å². The van der Waals surface area contributed by atoms with Gasteiger partial charge in [0.1, 0.15) is 0 Å². The average Bonchev–Trinajstić information content (AvgIpc) is 1.79. The van der Waals surface area contributed by atoms with E-state index in [1.165, 1.54) is 0 Å². The van der Waals surface area contributed by atoms with Crippen molar-refractivity contribution in [3.05, 3.63) is 0 Å². The highest BCUT2D eigenvalue weighted by Crippen LogP contribution is 2.38. The van der Waals surface area contributed by atoms with Gasteiger partial charge in [-0.15, -0.1) is 5.48 Å². The van der Waals surface area contributed by atoms with E-state index in [1.807, 2.05) is 0 Å². The molecule has 0 aliphatic carbocycles. The van der Waals surface area contributed by atoms with Crippen molar-refractivity contribution in [2.75, 3.05) is 0 Å². The third-order valence-corrected chi connectivity index (χ3v) is 0.916. The summed E-state index contributed by atoms with van der Waals surface area (Å²) in [5.41, 5.74) is -0.158. The maximum Gasteiger partial charge on any atom is 0.480 e. The molecular formula is C3HClF7NO. The first-order valence-corrected chi connectivity index (χ1v) is 2.80. The Morgan fingerprint density at radius 2 is 1.31 bits per heavy atom. The molecule has 1 N–H and O–H groups in total. The molecule has 0 fully saturated rings. The molecule has 10 heteroatoms. The fraction of sp³-hybridized carbons (Fsp3) is 1.00. The lowest BCUT2D eigenvalue weighted by Crippen LogP contribution is -2.46. The van der Waals surface area contributed by atoms with Gasteiger partial charge in [0.2, 0.25) is 0 Å². The van der Waals surface area contributed by atoms with E-state index >= 15 is 0 Å². The van der Waals surface area contributed by atoms with Crippen molar-refractivity contribution < 1.29 is 35.6 Å². The van der Waals surface area contributed by atoms with E-state index in [0.29, 0.717) is 0 Å². The van der Waals surface area contributed by atoms with E-state index in [9.17, 15) is 30.7 Å². The summed E-state index contributed by atoms with van der Waals surface area (Å²) in [6, 6.07) is 0. The first-order chi connectivity index (χ1) is 5.46. The fourth-order valence-corrected chi connectivity index (χ4v) is 0.218. The highest BCUT2D eigenvalue weighted by atomic mass is 35.5. The van der Waals surface area contributed by atoms with Gasteiger partial charge in [-0.3, -0.25) is 0 Å². The van der Waals surface area contributed by atoms with Crippen LogP contribution in [0.2, 0.25) is 0 Å². The van der Waals surface area contributed by atoms with Crippen molar-refractivity contribution in [2.24, 2.45) is 0 Å². The zero-order valence-electron chi connectivity index (χ0n) is 5.43. The molecule has 0 amide bonds. The summed E-state index contributed by atoms with van der Waals surface area (Å²) in [4.78, 5) is 2.56. The molecule has 0 saturated carbocycles. The Labute approximate surface area is 71.5 Å². The second-order valence-electron chi connectivity index (χ2n) is 1.72. The smallest absolute Gasteiger partial charge is 0.231 e. The molecule has 13 heavy (non-hydrogen) atoms. The van der Waals surface area contributed by atoms with E-state index < -0.39 is 17.8 Å². The summed E-state index contributed by atoms with van der Waals surface area (Å²) in [6.07, 6.45) is -11.1. The third kappa shape index (κ3) is 4.48. The van der Waals surface area contributed by atoms with Crippen LogP contribution in [0, 0.1) is 0 Å². The van der Waals surface area contributed by atoms with Gasteiger partial charge in [-0.1, -0.05) is 0 Å². The molecule has 0 aliphatic rings. The van der Waals surface area contributed by atoms with Crippen molar-refractivity contribution in [1.82, 2.24) is 5.48 Å². The van der Waals surface area contributed by atoms with E-state index in [-0.39, 0.29) is 5.48 Å². The monoisotopic (exact) mass is 235 g/mol. The predicted octanol–water partition coefficient (Wildman–Crippen LogP) is 2.45. The van der Waals surface area contributed by atoms with Crippen LogP contribution in [0.3, 0.4) is 0 Å². The Kier molecular flexibility index (Phi) is 3.39. The Morgan fingerprint density at radius 1 is 0.923 bits per heavy atom. The molecule has 0 aliphatic heterocycles. The minimum absolute atomic E-state index is 0.158. The summed E-state index contributed by atoms with van der Waals surface area (Å²) >= 11 is 3.94. The van der Waals surface area contributed by atoms with E-state index in [1.54, 1.807) is 0 Å². The third-order valence-electron chi connectivity index (χ3n) is 0.625. The molecule has 80 valence electrons. The van der Waals surface area contributed by atoms with Crippen LogP contribution in [-0.2, 0) is 4.84 Å². The zero-order valence-corrected chi connectivity index (χ0v) is 6.19. The van der Waals surface area contributed by atoms with E-state index in [4.69, 9.17) is 0 Å². The normalized spacial score (nSPS) is 18.5. The van der Waals surface area contributed by atoms with Crippen molar-refractivity contribution in [3.63, 3.8) is 0 Å². The molecule has 0 heterocycles. The molecule has 0 aromatic rings. The van der Waals surface area contributed by atoms with Gasteiger partial charge in [-0.25, -0.2) is 4.84 Å². The van der Waals surface area contributed by atoms with Crippen LogP contribution >= 0.6 is 11.6 Å². The second-order valence-corrected chi connectivity index (χ2v) is 2.20. The van der Waals surface area contributed by atoms with Crippen molar-refractivity contribution >= 4 is 11.6 Å². The summed E-state index contributed by atoms with van der Waals surface area (Å²) in [5.74, 6) is 0. The summed E-state index contributed by atoms with van der Waals surface area (Å²) in [5, 5.41) is -4.91. The number of hydrogen-bond donors (Lipinski definition) is 1. The van der Waals surface area contributed by atoms with Gasteiger partial charge in [0.15, 0.2) is 0 Å². The lowest BCUT2D eigenvalue weighted by Gasteiger charge is -2.21. The minimum atomic E-state index is -5.77. The van der Waals surface area contributed by atoms with E-state index in [2.05, 4.69) is 16.4 Å². The lowest BCUT2D eigenvalue weighted by molar-refractivity contribution is -0.350. The topological polar surface area (TPSA) is 21.3 Å². The highest BCUT2D eigenvalue weighted by molar-refractivity contribution is 6.22. The number of hydroxylamine groups is 1. The number of hydrogen-bond acceptors (Lipinski definition) is 2. The maximum absolute atomic E-state index is 12.0. The maximum atomic E-state index is 12.0. The lowest BCUT2D eigenvalue weighted by atomic mass is 10.7. The van der Waals surface area contributed by atoms with Crippen molar-refractivity contribution in [1.29, 1.82) is 0 Å². The Bertz CT molecular complexity index is 174. The molecular weight excluding hydrogens is 234 g/mol. The van der Waals surface area contributed by atoms with Crippen LogP contribution in [-0.4, -0.2) is 17.8 Å². The molecule has 0 spiro atoms. The highest BCUT2D eigenvalue weighted by Gasteiger charge is 2.58. The molecule has 0 aromatic carbocycles. The summed E-state index contributed by atoms with van der Waals surface area (Å²) in [7, 11) is 0. The molecule has 0 bridgehead atoms. The minimum Gasteiger partial charge on any atom is -0.231 e. The molecule has 0 radical (unpaired) electrons. The van der Waals surface area contributed by atoms with Gasteiger partial charge >= 0.3 is 17.8 Å². The number of alkyl halides is 8. The number of rotatable bonds is 2. The predicted molar refractivity (Wildman–Crippen MR) is 26.0 cm³/mol. The van der Waals surface area contributed by atoms with E-state index in [0.717, 1.165) is 0 Å². The largest absolute Gasteiger partial charge is 0.480 e. The first kappa shape index (κ1) is 12.7. The summed E-state index contributed by atoms with van der Waals surface area (Å²) in [6.45, 7) is 0. The van der Waals surface area contributed by atoms with Gasteiger partial charge in [0, 0.05) is 0 Å². The number of nitrogens with one attached hydrogen (secondary N) is 1. The quantitative estimate of drug-likeness (QED) is 0.344. The Morgan fingerprint density at radius 3 is 1.54 bits per heavy atom. The molecule has 1 unspecified atom stereocenters. The standard InChI is InChI=1S/C3HClF7NO/c4-1(5,2(6,7)8)13-12-3(9,10)11/h12H. The number of halogens is 8. The molecule has 1 atom stereocenters. The van der Waals surface area contributed by atoms with Crippen LogP contribution in [0.25, 0.3) is 0 Å². The Balaban J connectivity index is 4.21. The van der Waals surface area contributed by atoms with Gasteiger partial charge in [0.05, 0.1) is 0 Å². The van der Waals surface area contributed by atoms with Crippen molar-refractivity contribution in [3.8, 4) is 0 Å². The Hall–Kier alpha value is -0.280.